The van der Waals surface area contributed by atoms with E-state index in [2.05, 4.69) is 18.2 Å². The van der Waals surface area contributed by atoms with Crippen LogP contribution in [0.2, 0.25) is 0 Å². The molecule has 120 valence electrons. The average molecular weight is 304 g/mol. The van der Waals surface area contributed by atoms with Crippen LogP contribution in [-0.2, 0) is 11.2 Å². The molecular weight excluding hydrogens is 280 g/mol. The molecule has 0 N–H and O–H groups in total. The van der Waals surface area contributed by atoms with Crippen molar-refractivity contribution in [3.8, 4) is 0 Å². The van der Waals surface area contributed by atoms with Crippen LogP contribution in [0.3, 0.4) is 0 Å². The smallest absolute Gasteiger partial charge is 0.259 e. The minimum atomic E-state index is -0.156. The van der Waals surface area contributed by atoms with Crippen molar-refractivity contribution in [2.75, 3.05) is 19.7 Å². The van der Waals surface area contributed by atoms with Crippen molar-refractivity contribution in [2.24, 2.45) is 0 Å². The monoisotopic (exact) mass is 304 g/mol. The van der Waals surface area contributed by atoms with Crippen molar-refractivity contribution in [3.63, 3.8) is 0 Å². The first-order chi connectivity index (χ1) is 10.5. The van der Waals surface area contributed by atoms with E-state index >= 15 is 0 Å². The number of carbonyl (C=O) groups is 1. The fourth-order valence-electron chi connectivity index (χ4n) is 3.45. The van der Waals surface area contributed by atoms with Crippen molar-refractivity contribution in [2.45, 2.75) is 52.1 Å². The van der Waals surface area contributed by atoms with Crippen LogP contribution >= 0.6 is 0 Å². The predicted molar refractivity (Wildman–Crippen MR) is 82.8 cm³/mol. The van der Waals surface area contributed by atoms with Gasteiger partial charge in [-0.2, -0.15) is 0 Å². The van der Waals surface area contributed by atoms with Gasteiger partial charge in [0.2, 0.25) is 0 Å². The number of hydrogen-bond donors (Lipinski definition) is 0. The summed E-state index contributed by atoms with van der Waals surface area (Å²) in [5, 5.41) is 3.99. The molecule has 1 amide bonds. The van der Waals surface area contributed by atoms with Crippen LogP contribution in [0.1, 0.15) is 54.9 Å². The maximum Gasteiger partial charge on any atom is 0.259 e. The number of ether oxygens (including phenoxy) is 1. The number of carbonyl (C=O) groups excluding carboxylic acids is 1. The highest BCUT2D eigenvalue weighted by Gasteiger charge is 2.37. The van der Waals surface area contributed by atoms with Crippen LogP contribution in [0.4, 0.5) is 0 Å². The first kappa shape index (κ1) is 15.3. The van der Waals surface area contributed by atoms with Crippen LogP contribution in [0, 0.1) is 6.92 Å². The van der Waals surface area contributed by atoms with Gasteiger partial charge in [0.25, 0.3) is 5.91 Å². The third-order valence-corrected chi connectivity index (χ3v) is 4.77. The van der Waals surface area contributed by atoms with E-state index in [4.69, 9.17) is 9.26 Å². The predicted octanol–water partition coefficient (Wildman–Crippen LogP) is 2.89. The molecule has 0 aliphatic carbocycles. The molecular formula is C17H24N2O3. The lowest BCUT2D eigenvalue weighted by Crippen LogP contribution is -2.48. The quantitative estimate of drug-likeness (QED) is 0.788. The molecule has 5 nitrogen and oxygen atoms in total. The van der Waals surface area contributed by atoms with Crippen LogP contribution in [0.15, 0.2) is 16.2 Å². The molecule has 3 heterocycles. The van der Waals surface area contributed by atoms with Crippen LogP contribution in [-0.4, -0.2) is 41.3 Å². The lowest BCUT2D eigenvalue weighted by atomic mass is 9.86. The van der Waals surface area contributed by atoms with E-state index in [1.54, 1.807) is 6.92 Å². The van der Waals surface area contributed by atoms with E-state index in [0.717, 1.165) is 44.7 Å². The van der Waals surface area contributed by atoms with Crippen LogP contribution in [0.25, 0.3) is 0 Å². The highest BCUT2D eigenvalue weighted by molar-refractivity contribution is 5.96. The Morgan fingerprint density at radius 1 is 1.36 bits per heavy atom. The molecule has 1 saturated heterocycles. The molecule has 0 bridgehead atoms. The summed E-state index contributed by atoms with van der Waals surface area (Å²) >= 11 is 0. The molecule has 0 radical (unpaired) electrons. The maximum atomic E-state index is 12.8. The molecule has 3 rings (SSSR count). The molecule has 0 unspecified atom stereocenters. The van der Waals surface area contributed by atoms with Gasteiger partial charge in [0.1, 0.15) is 11.3 Å². The van der Waals surface area contributed by atoms with Gasteiger partial charge in [-0.05, 0) is 39.5 Å². The van der Waals surface area contributed by atoms with E-state index in [1.165, 1.54) is 5.57 Å². The lowest BCUT2D eigenvalue weighted by molar-refractivity contribution is -0.0522. The normalized spacial score (nSPS) is 21.0. The molecule has 2 aliphatic rings. The van der Waals surface area contributed by atoms with Gasteiger partial charge in [-0.25, -0.2) is 0 Å². The second-order valence-electron chi connectivity index (χ2n) is 6.36. The Bertz CT molecular complexity index is 595. The molecule has 22 heavy (non-hydrogen) atoms. The number of rotatable bonds is 2. The summed E-state index contributed by atoms with van der Waals surface area (Å²) in [5.74, 6) is 0.661. The van der Waals surface area contributed by atoms with Gasteiger partial charge in [0.15, 0.2) is 0 Å². The molecule has 1 spiro atoms. The number of aryl methyl sites for hydroxylation is 2. The zero-order chi connectivity index (χ0) is 15.7. The number of likely N-dealkylation sites (tertiary alicyclic amines) is 1. The SMILES string of the molecule is CCc1noc(C)c1C(=O)N1CCC2(C=C(C)CCO2)CC1. The van der Waals surface area contributed by atoms with Crippen molar-refractivity contribution < 1.29 is 14.1 Å². The summed E-state index contributed by atoms with van der Waals surface area (Å²) in [7, 11) is 0. The van der Waals surface area contributed by atoms with Gasteiger partial charge in [-0.15, -0.1) is 0 Å². The average Bonchev–Trinajstić information content (AvgIpc) is 2.88. The number of piperidine rings is 1. The van der Waals surface area contributed by atoms with Crippen molar-refractivity contribution >= 4 is 5.91 Å². The minimum Gasteiger partial charge on any atom is -0.370 e. The molecule has 0 atom stereocenters. The summed E-state index contributed by atoms with van der Waals surface area (Å²) in [5.41, 5.74) is 2.65. The summed E-state index contributed by atoms with van der Waals surface area (Å²) < 4.78 is 11.2. The van der Waals surface area contributed by atoms with E-state index in [-0.39, 0.29) is 11.5 Å². The molecule has 1 aromatic rings. The Morgan fingerprint density at radius 2 is 2.09 bits per heavy atom. The van der Waals surface area contributed by atoms with Gasteiger partial charge in [-0.3, -0.25) is 4.79 Å². The second-order valence-corrected chi connectivity index (χ2v) is 6.36. The van der Waals surface area contributed by atoms with Crippen molar-refractivity contribution in [3.05, 3.63) is 28.7 Å². The molecule has 2 aliphatic heterocycles. The summed E-state index contributed by atoms with van der Waals surface area (Å²) in [6.45, 7) is 8.19. The van der Waals surface area contributed by atoms with Crippen LogP contribution in [0.5, 0.6) is 0 Å². The number of aromatic nitrogens is 1. The summed E-state index contributed by atoms with van der Waals surface area (Å²) in [4.78, 5) is 14.7. The Labute approximate surface area is 131 Å². The molecule has 1 aromatic heterocycles. The summed E-state index contributed by atoms with van der Waals surface area (Å²) in [6.07, 6.45) is 5.72. The second kappa shape index (κ2) is 5.88. The van der Waals surface area contributed by atoms with E-state index < -0.39 is 0 Å². The van der Waals surface area contributed by atoms with Gasteiger partial charge in [0.05, 0.1) is 17.9 Å². The van der Waals surface area contributed by atoms with E-state index in [0.29, 0.717) is 17.7 Å². The number of amides is 1. The van der Waals surface area contributed by atoms with Gasteiger partial charge in [-0.1, -0.05) is 23.7 Å². The molecule has 0 saturated carbocycles. The third kappa shape index (κ3) is 2.70. The topological polar surface area (TPSA) is 55.6 Å². The fourth-order valence-corrected chi connectivity index (χ4v) is 3.45. The van der Waals surface area contributed by atoms with Crippen LogP contribution < -0.4 is 0 Å². The molecule has 5 heteroatoms. The van der Waals surface area contributed by atoms with Crippen molar-refractivity contribution in [1.82, 2.24) is 10.1 Å². The first-order valence-corrected chi connectivity index (χ1v) is 8.11. The summed E-state index contributed by atoms with van der Waals surface area (Å²) in [6, 6.07) is 0. The molecule has 1 fully saturated rings. The van der Waals surface area contributed by atoms with E-state index in [9.17, 15) is 4.79 Å². The molecule has 0 aromatic carbocycles. The lowest BCUT2D eigenvalue weighted by Gasteiger charge is -2.42. The number of nitrogens with zero attached hydrogens (tertiary/aromatic N) is 2. The Kier molecular flexibility index (Phi) is 4.08. The van der Waals surface area contributed by atoms with Gasteiger partial charge < -0.3 is 14.2 Å². The fraction of sp³-hybridized carbons (Fsp3) is 0.647. The van der Waals surface area contributed by atoms with Gasteiger partial charge in [0, 0.05) is 13.1 Å². The first-order valence-electron chi connectivity index (χ1n) is 8.11. The third-order valence-electron chi connectivity index (χ3n) is 4.77. The largest absolute Gasteiger partial charge is 0.370 e. The Hall–Kier alpha value is -1.62. The van der Waals surface area contributed by atoms with Crippen molar-refractivity contribution in [1.29, 1.82) is 0 Å². The zero-order valence-electron chi connectivity index (χ0n) is 13.6. The van der Waals surface area contributed by atoms with Gasteiger partial charge >= 0.3 is 0 Å². The minimum absolute atomic E-state index is 0.0435. The highest BCUT2D eigenvalue weighted by atomic mass is 16.5. The maximum absolute atomic E-state index is 12.8. The Morgan fingerprint density at radius 3 is 2.73 bits per heavy atom. The zero-order valence-corrected chi connectivity index (χ0v) is 13.6. The standard InChI is InChI=1S/C17H24N2O3/c1-4-14-15(13(3)22-18-14)16(20)19-8-6-17(7-9-19)11-12(2)5-10-21-17/h11H,4-10H2,1-3H3. The highest BCUT2D eigenvalue weighted by Crippen LogP contribution is 2.33. The number of hydrogen-bond acceptors (Lipinski definition) is 4. The Balaban J connectivity index is 1.72. The van der Waals surface area contributed by atoms with E-state index in [1.807, 2.05) is 11.8 Å².